The van der Waals surface area contributed by atoms with Gasteiger partial charge in [-0.25, -0.2) is 0 Å². The molecule has 0 saturated heterocycles. The lowest BCUT2D eigenvalue weighted by atomic mass is 10.1. The summed E-state index contributed by atoms with van der Waals surface area (Å²) < 4.78 is 13.7. The van der Waals surface area contributed by atoms with E-state index in [0.29, 0.717) is 12.3 Å². The largest absolute Gasteiger partial charge is 2.00 e. The summed E-state index contributed by atoms with van der Waals surface area (Å²) in [6, 6.07) is 17.2. The topological polar surface area (TPSA) is 153 Å². The third kappa shape index (κ3) is 10.6. The number of aromatic hydroxyl groups is 1. The number of aliphatic hydroxyl groups is 1. The lowest BCUT2D eigenvalue weighted by Crippen LogP contribution is -2.25. The summed E-state index contributed by atoms with van der Waals surface area (Å²) in [7, 11) is -4.82. The maximum Gasteiger partial charge on any atom is 0.123 e. The van der Waals surface area contributed by atoms with Crippen molar-refractivity contribution in [1.29, 1.82) is 0 Å². The van der Waals surface area contributed by atoms with Crippen molar-refractivity contribution in [3.05, 3.63) is 54.6 Å². The lowest BCUT2D eigenvalue weighted by molar-refractivity contribution is -0.341. The van der Waals surface area contributed by atoms with E-state index in [4.69, 9.17) is 5.11 Å². The van der Waals surface area contributed by atoms with Crippen LogP contribution < -0.4 is 15.1 Å². The molecule has 25 heavy (non-hydrogen) atoms. The Hall–Kier alpha value is -1.77. The molecule has 3 N–H and O–H groups in total. The van der Waals surface area contributed by atoms with Gasteiger partial charge in [-0.15, -0.1) is 0 Å². The summed E-state index contributed by atoms with van der Waals surface area (Å²) in [5.41, 5.74) is 1.92. The van der Waals surface area contributed by atoms with E-state index >= 15 is 0 Å². The number of benzene rings is 2. The zero-order chi connectivity index (χ0) is 17.8. The van der Waals surface area contributed by atoms with Gasteiger partial charge in [0, 0.05) is 18.7 Å². The second kappa shape index (κ2) is 12.6. The second-order valence-electron chi connectivity index (χ2n) is 4.64. The normalized spacial score (nSPS) is 10.4. The van der Waals surface area contributed by atoms with Crippen molar-refractivity contribution in [2.24, 2.45) is 0 Å². The summed E-state index contributed by atoms with van der Waals surface area (Å²) in [5, 5.41) is 20.4. The van der Waals surface area contributed by atoms with Crippen molar-refractivity contribution >= 4 is 7.82 Å². The van der Waals surface area contributed by atoms with E-state index in [9.17, 15) is 19.5 Å². The summed E-state index contributed by atoms with van der Waals surface area (Å²) in [4.78, 5) is 19.7. The maximum absolute atomic E-state index is 9.84. The van der Waals surface area contributed by atoms with Crippen LogP contribution in [-0.2, 0) is 14.6 Å². The van der Waals surface area contributed by atoms with Crippen LogP contribution >= 0.6 is 7.82 Å². The number of phosphoric ester groups is 1. The first-order valence-corrected chi connectivity index (χ1v) is 8.71. The van der Waals surface area contributed by atoms with Gasteiger partial charge in [-0.1, -0.05) is 48.5 Å². The first-order chi connectivity index (χ1) is 11.4. The molecule has 0 amide bonds. The molecule has 2 aromatic carbocycles. The van der Waals surface area contributed by atoms with E-state index < -0.39 is 7.82 Å². The Morgan fingerprint density at radius 2 is 1.60 bits per heavy atom. The Bertz CT molecular complexity index is 633. The lowest BCUT2D eigenvalue weighted by Gasteiger charge is -2.28. The monoisotopic (exact) mass is 369 g/mol. The minimum Gasteiger partial charge on any atom is -2.00 e. The van der Waals surface area contributed by atoms with Gasteiger partial charge in [0.25, 0.3) is 0 Å². The highest BCUT2D eigenvalue weighted by atomic mass is 31.2. The van der Waals surface area contributed by atoms with Gasteiger partial charge in [0.15, 0.2) is 0 Å². The molecule has 2 aromatic rings. The molecule has 0 aliphatic heterocycles. The Morgan fingerprint density at radius 3 is 2.16 bits per heavy atom. The van der Waals surface area contributed by atoms with Crippen LogP contribution in [0.4, 0.5) is 0 Å². The number of phenolic OH excluding ortho intramolecular Hbond substituents is 1. The van der Waals surface area contributed by atoms with Crippen LogP contribution in [-0.4, -0.2) is 36.5 Å². The van der Waals surface area contributed by atoms with Gasteiger partial charge in [0.1, 0.15) is 5.75 Å². The van der Waals surface area contributed by atoms with Crippen molar-refractivity contribution in [2.45, 2.75) is 0 Å². The van der Waals surface area contributed by atoms with Crippen LogP contribution in [0.5, 0.6) is 5.75 Å². The van der Waals surface area contributed by atoms with Crippen LogP contribution in [0, 0.1) is 0 Å². The fourth-order valence-electron chi connectivity index (χ4n) is 1.77. The Morgan fingerprint density at radius 1 is 1.00 bits per heavy atom. The zero-order valence-corrected chi connectivity index (χ0v) is 14.3. The molecule has 0 fully saturated rings. The van der Waals surface area contributed by atoms with E-state index in [1.807, 2.05) is 48.5 Å². The number of para-hydroxylation sites is 1. The molecule has 9 heteroatoms. The highest BCUT2D eigenvalue weighted by Crippen LogP contribution is 2.27. The molecule has 0 spiro atoms. The van der Waals surface area contributed by atoms with Crippen molar-refractivity contribution in [2.75, 3.05) is 26.3 Å². The molecule has 0 aliphatic rings. The molecule has 2 rings (SSSR count). The minimum absolute atomic E-state index is 0. The van der Waals surface area contributed by atoms with Gasteiger partial charge in [-0.3, -0.25) is 0 Å². The maximum atomic E-state index is 9.84. The third-order valence-electron chi connectivity index (χ3n) is 2.81. The fraction of sp³-hybridized carbons (Fsp3) is 0.250. The van der Waals surface area contributed by atoms with E-state index in [0.717, 1.165) is 11.1 Å². The van der Waals surface area contributed by atoms with Crippen LogP contribution in [0.1, 0.15) is 0 Å². The highest BCUT2D eigenvalue weighted by molar-refractivity contribution is 7.43. The number of aliphatic hydroxyl groups excluding tert-OH is 1. The van der Waals surface area contributed by atoms with Gasteiger partial charge in [-0.2, -0.15) is 0 Å². The molecule has 0 bridgehead atoms. The number of hydrogen-bond acceptors (Lipinski definition) is 7. The van der Waals surface area contributed by atoms with Crippen molar-refractivity contribution in [3.8, 4) is 16.9 Å². The standard InChI is InChI=1S/C12H10O.C4H12NO5P.O/c13-12-9-5-4-8-11(12)10-6-2-1-3-7-10;6-3-1-5-2-4-10-11(7,8)9;/h1-9,13H;5-6H,1-4H2,(H2,7,8,9);/q;;-2/p-2. The average Bonchev–Trinajstić information content (AvgIpc) is 2.55. The Balaban J connectivity index is 0.000000451. The molecule has 0 aromatic heterocycles. The van der Waals surface area contributed by atoms with Crippen LogP contribution in [0.3, 0.4) is 0 Å². The number of phosphoric acid groups is 1. The summed E-state index contributed by atoms with van der Waals surface area (Å²) in [6.07, 6.45) is 0. The van der Waals surface area contributed by atoms with Crippen molar-refractivity contribution in [3.63, 3.8) is 0 Å². The summed E-state index contributed by atoms with van der Waals surface area (Å²) in [6.45, 7) is 0.358. The molecule has 0 unspecified atom stereocenters. The SMILES string of the molecule is O=P([O-])([O-])OCCNCCO.Oc1ccccc1-c1ccccc1.[O-2]. The zero-order valence-electron chi connectivity index (χ0n) is 13.4. The molecular weight excluding hydrogens is 349 g/mol. The molecule has 0 heterocycles. The van der Waals surface area contributed by atoms with Crippen molar-refractivity contribution in [1.82, 2.24) is 5.32 Å². The Labute approximate surface area is 146 Å². The molecular formula is C16H20NO7P-4. The molecule has 0 atom stereocenters. The average molecular weight is 369 g/mol. The minimum atomic E-state index is -4.82. The smallest absolute Gasteiger partial charge is 0.123 e. The number of phenols is 1. The van der Waals surface area contributed by atoms with Crippen LogP contribution in [0.25, 0.3) is 11.1 Å². The second-order valence-corrected chi connectivity index (χ2v) is 5.79. The van der Waals surface area contributed by atoms with Gasteiger partial charge in [0.05, 0.1) is 21.0 Å². The summed E-state index contributed by atoms with van der Waals surface area (Å²) in [5.74, 6) is 0.328. The van der Waals surface area contributed by atoms with Crippen LogP contribution in [0.2, 0.25) is 0 Å². The number of rotatable bonds is 7. The van der Waals surface area contributed by atoms with Gasteiger partial charge in [-0.05, 0) is 11.6 Å². The van der Waals surface area contributed by atoms with E-state index in [1.165, 1.54) is 0 Å². The predicted molar refractivity (Wildman–Crippen MR) is 87.7 cm³/mol. The number of nitrogens with one attached hydrogen (secondary N) is 1. The van der Waals surface area contributed by atoms with Gasteiger partial charge < -0.3 is 39.9 Å². The molecule has 0 radical (unpaired) electrons. The van der Waals surface area contributed by atoms with Crippen molar-refractivity contribution < 1.29 is 34.6 Å². The molecule has 0 aliphatic carbocycles. The van der Waals surface area contributed by atoms with Gasteiger partial charge >= 0.3 is 0 Å². The number of hydrogen-bond donors (Lipinski definition) is 3. The van der Waals surface area contributed by atoms with E-state index in [-0.39, 0.29) is 25.2 Å². The fourth-order valence-corrected chi connectivity index (χ4v) is 2.08. The summed E-state index contributed by atoms with van der Waals surface area (Å²) >= 11 is 0. The van der Waals surface area contributed by atoms with Crippen LogP contribution in [0.15, 0.2) is 54.6 Å². The highest BCUT2D eigenvalue weighted by Gasteiger charge is 2.00. The molecule has 140 valence electrons. The first-order valence-electron chi connectivity index (χ1n) is 7.25. The quantitative estimate of drug-likeness (QED) is 0.470. The van der Waals surface area contributed by atoms with E-state index in [2.05, 4.69) is 9.84 Å². The Kier molecular flexibility index (Phi) is 11.7. The molecule has 0 saturated carbocycles. The third-order valence-corrected chi connectivity index (χ3v) is 3.30. The molecule has 8 nitrogen and oxygen atoms in total. The van der Waals surface area contributed by atoms with Gasteiger partial charge in [0.2, 0.25) is 0 Å². The first kappa shape index (κ1) is 23.2. The van der Waals surface area contributed by atoms with E-state index in [1.54, 1.807) is 6.07 Å². The predicted octanol–water partition coefficient (Wildman–Crippen LogP) is 0.354.